The molecule has 0 bridgehead atoms. The SMILES string of the molecule is CCC1CCCC(c2nc3c(s2)CCCC3=O)C1. The average molecular weight is 263 g/mol. The second kappa shape index (κ2) is 5.12. The normalized spacial score (nSPS) is 28.2. The molecule has 1 heterocycles. The van der Waals surface area contributed by atoms with Crippen molar-refractivity contribution in [3.05, 3.63) is 15.6 Å². The lowest BCUT2D eigenvalue weighted by Gasteiger charge is -2.26. The van der Waals surface area contributed by atoms with Crippen LogP contribution in [-0.4, -0.2) is 10.8 Å². The van der Waals surface area contributed by atoms with Gasteiger partial charge in [0.05, 0.1) is 5.01 Å². The van der Waals surface area contributed by atoms with E-state index in [4.69, 9.17) is 4.98 Å². The fourth-order valence-electron chi connectivity index (χ4n) is 3.35. The molecule has 0 amide bonds. The molecule has 18 heavy (non-hydrogen) atoms. The van der Waals surface area contributed by atoms with Crippen LogP contribution in [0, 0.1) is 5.92 Å². The van der Waals surface area contributed by atoms with Crippen molar-refractivity contribution in [2.45, 2.75) is 64.2 Å². The van der Waals surface area contributed by atoms with Crippen molar-refractivity contribution in [1.29, 1.82) is 0 Å². The molecular formula is C15H21NOS. The summed E-state index contributed by atoms with van der Waals surface area (Å²) in [4.78, 5) is 17.8. The van der Waals surface area contributed by atoms with Gasteiger partial charge >= 0.3 is 0 Å². The van der Waals surface area contributed by atoms with Crippen molar-refractivity contribution in [2.24, 2.45) is 5.92 Å². The average Bonchev–Trinajstić information content (AvgIpc) is 2.84. The highest BCUT2D eigenvalue weighted by molar-refractivity contribution is 7.12. The molecule has 0 saturated heterocycles. The fourth-order valence-corrected chi connectivity index (χ4v) is 4.62. The van der Waals surface area contributed by atoms with Crippen LogP contribution in [0.1, 0.15) is 78.2 Å². The van der Waals surface area contributed by atoms with Crippen LogP contribution >= 0.6 is 11.3 Å². The quantitative estimate of drug-likeness (QED) is 0.794. The molecule has 0 aliphatic heterocycles. The monoisotopic (exact) mass is 263 g/mol. The third-order valence-corrected chi connectivity index (χ3v) is 5.77. The third-order valence-electron chi connectivity index (χ3n) is 4.50. The largest absolute Gasteiger partial charge is 0.292 e. The van der Waals surface area contributed by atoms with E-state index in [0.29, 0.717) is 12.3 Å². The van der Waals surface area contributed by atoms with Crippen LogP contribution in [0.3, 0.4) is 0 Å². The zero-order valence-electron chi connectivity index (χ0n) is 11.1. The minimum absolute atomic E-state index is 0.279. The van der Waals surface area contributed by atoms with Gasteiger partial charge in [-0.2, -0.15) is 0 Å². The number of hydrogen-bond acceptors (Lipinski definition) is 3. The summed E-state index contributed by atoms with van der Waals surface area (Å²) in [5.41, 5.74) is 0.819. The number of nitrogens with zero attached hydrogens (tertiary/aromatic N) is 1. The van der Waals surface area contributed by atoms with E-state index in [1.165, 1.54) is 42.0 Å². The first-order chi connectivity index (χ1) is 8.78. The Balaban J connectivity index is 1.82. The van der Waals surface area contributed by atoms with Gasteiger partial charge in [0.1, 0.15) is 5.69 Å². The van der Waals surface area contributed by atoms with Crippen LogP contribution in [-0.2, 0) is 6.42 Å². The van der Waals surface area contributed by atoms with E-state index >= 15 is 0 Å². The molecule has 98 valence electrons. The highest BCUT2D eigenvalue weighted by Gasteiger charge is 2.28. The van der Waals surface area contributed by atoms with E-state index in [0.717, 1.165) is 24.5 Å². The first-order valence-electron chi connectivity index (χ1n) is 7.30. The Morgan fingerprint density at radius 1 is 1.28 bits per heavy atom. The fraction of sp³-hybridized carbons (Fsp3) is 0.733. The van der Waals surface area contributed by atoms with Crippen LogP contribution in [0.5, 0.6) is 0 Å². The van der Waals surface area contributed by atoms with Crippen molar-refractivity contribution in [3.63, 3.8) is 0 Å². The standard InChI is InChI=1S/C15H21NOS/c1-2-10-5-3-6-11(9-10)15-16-14-12(17)7-4-8-13(14)18-15/h10-11H,2-9H2,1H3. The van der Waals surface area contributed by atoms with Gasteiger partial charge in [0.15, 0.2) is 5.78 Å². The molecule has 0 radical (unpaired) electrons. The Morgan fingerprint density at radius 2 is 2.17 bits per heavy atom. The molecule has 2 aliphatic carbocycles. The molecule has 0 N–H and O–H groups in total. The van der Waals surface area contributed by atoms with Crippen LogP contribution in [0.15, 0.2) is 0 Å². The highest BCUT2D eigenvalue weighted by atomic mass is 32.1. The number of thiazole rings is 1. The Labute approximate surface area is 113 Å². The molecule has 1 fully saturated rings. The number of fused-ring (bicyclic) bond motifs is 1. The first-order valence-corrected chi connectivity index (χ1v) is 8.12. The van der Waals surface area contributed by atoms with Crippen LogP contribution in [0.4, 0.5) is 0 Å². The van der Waals surface area contributed by atoms with Crippen molar-refractivity contribution in [2.75, 3.05) is 0 Å². The lowest BCUT2D eigenvalue weighted by Crippen LogP contribution is -2.14. The molecule has 1 aromatic rings. The van der Waals surface area contributed by atoms with Gasteiger partial charge in [-0.25, -0.2) is 4.98 Å². The highest BCUT2D eigenvalue weighted by Crippen LogP contribution is 2.40. The summed E-state index contributed by atoms with van der Waals surface area (Å²) < 4.78 is 0. The molecule has 1 saturated carbocycles. The molecular weight excluding hydrogens is 242 g/mol. The molecule has 0 aromatic carbocycles. The van der Waals surface area contributed by atoms with Gasteiger partial charge in [0.25, 0.3) is 0 Å². The van der Waals surface area contributed by atoms with Gasteiger partial charge in [-0.05, 0) is 31.6 Å². The maximum absolute atomic E-state index is 11.8. The van der Waals surface area contributed by atoms with E-state index in [1.807, 2.05) is 11.3 Å². The predicted octanol–water partition coefficient (Wildman–Crippen LogP) is 4.35. The topological polar surface area (TPSA) is 30.0 Å². The Bertz CT molecular complexity index is 451. The van der Waals surface area contributed by atoms with Crippen molar-refractivity contribution >= 4 is 17.1 Å². The number of rotatable bonds is 2. The summed E-state index contributed by atoms with van der Waals surface area (Å²) in [6.07, 6.45) is 9.38. The Kier molecular flexibility index (Phi) is 3.51. The lowest BCUT2D eigenvalue weighted by molar-refractivity contribution is 0.0968. The van der Waals surface area contributed by atoms with Crippen LogP contribution in [0.2, 0.25) is 0 Å². The zero-order valence-corrected chi connectivity index (χ0v) is 11.9. The molecule has 2 atom stereocenters. The van der Waals surface area contributed by atoms with Crippen molar-refractivity contribution < 1.29 is 4.79 Å². The minimum atomic E-state index is 0.279. The maximum atomic E-state index is 11.8. The smallest absolute Gasteiger partial charge is 0.182 e. The van der Waals surface area contributed by atoms with E-state index in [-0.39, 0.29) is 5.78 Å². The minimum Gasteiger partial charge on any atom is -0.292 e. The Hall–Kier alpha value is -0.700. The summed E-state index contributed by atoms with van der Waals surface area (Å²) in [6.45, 7) is 2.30. The van der Waals surface area contributed by atoms with Crippen molar-refractivity contribution in [1.82, 2.24) is 4.98 Å². The number of aromatic nitrogens is 1. The summed E-state index contributed by atoms with van der Waals surface area (Å²) in [5.74, 6) is 1.79. The predicted molar refractivity (Wildman–Crippen MR) is 74.4 cm³/mol. The number of carbonyl (C=O) groups excluding carboxylic acids is 1. The molecule has 0 spiro atoms. The number of aryl methyl sites for hydroxylation is 1. The number of Topliss-reactive ketones (excluding diaryl/α,β-unsaturated/α-hetero) is 1. The molecule has 2 nitrogen and oxygen atoms in total. The number of ketones is 1. The van der Waals surface area contributed by atoms with E-state index < -0.39 is 0 Å². The molecule has 2 unspecified atom stereocenters. The van der Waals surface area contributed by atoms with Gasteiger partial charge in [-0.1, -0.05) is 26.2 Å². The second-order valence-electron chi connectivity index (χ2n) is 5.74. The van der Waals surface area contributed by atoms with Gasteiger partial charge in [0, 0.05) is 17.2 Å². The summed E-state index contributed by atoms with van der Waals surface area (Å²) in [7, 11) is 0. The lowest BCUT2D eigenvalue weighted by atomic mass is 9.80. The van der Waals surface area contributed by atoms with E-state index in [2.05, 4.69) is 6.92 Å². The van der Waals surface area contributed by atoms with Gasteiger partial charge in [-0.3, -0.25) is 4.79 Å². The number of carbonyl (C=O) groups is 1. The second-order valence-corrected chi connectivity index (χ2v) is 6.85. The molecule has 3 heteroatoms. The van der Waals surface area contributed by atoms with Crippen molar-refractivity contribution in [3.8, 4) is 0 Å². The molecule has 1 aromatic heterocycles. The summed E-state index contributed by atoms with van der Waals surface area (Å²) in [6, 6.07) is 0. The van der Waals surface area contributed by atoms with E-state index in [1.54, 1.807) is 0 Å². The number of hydrogen-bond donors (Lipinski definition) is 0. The molecule has 2 aliphatic rings. The summed E-state index contributed by atoms with van der Waals surface area (Å²) in [5, 5.41) is 1.26. The summed E-state index contributed by atoms with van der Waals surface area (Å²) >= 11 is 1.83. The maximum Gasteiger partial charge on any atom is 0.182 e. The Morgan fingerprint density at radius 3 is 2.94 bits per heavy atom. The van der Waals surface area contributed by atoms with E-state index in [9.17, 15) is 4.79 Å². The van der Waals surface area contributed by atoms with Gasteiger partial charge < -0.3 is 0 Å². The van der Waals surface area contributed by atoms with Crippen LogP contribution < -0.4 is 0 Å². The third kappa shape index (κ3) is 2.25. The van der Waals surface area contributed by atoms with Gasteiger partial charge in [-0.15, -0.1) is 11.3 Å². The van der Waals surface area contributed by atoms with Gasteiger partial charge in [0.2, 0.25) is 0 Å². The zero-order chi connectivity index (χ0) is 12.5. The first kappa shape index (κ1) is 12.3. The molecule has 3 rings (SSSR count). The van der Waals surface area contributed by atoms with Crippen LogP contribution in [0.25, 0.3) is 0 Å².